The highest BCUT2D eigenvalue weighted by molar-refractivity contribution is 9.10. The molecular formula is C31H37BrN2O3. The number of carbonyl (C=O) groups excluding carboxylic acids is 2. The standard InChI is InChI=1S/C31H37BrN2O3/c1-22(2)33-30(36)27(19-23-11-7-6-8-12-23)34(20-24-15-17-25(32)18-16-24)29(35)21-37-28-14-10-9-13-26(28)31(3,4)5/h6-18,22,27H,19-21H2,1-5H3,(H,33,36)/t27-/m0/s1. The number of rotatable bonds is 10. The molecule has 0 aromatic heterocycles. The summed E-state index contributed by atoms with van der Waals surface area (Å²) < 4.78 is 7.05. The van der Waals surface area contributed by atoms with Crippen molar-refractivity contribution >= 4 is 27.7 Å². The van der Waals surface area contributed by atoms with E-state index in [0.717, 1.165) is 21.2 Å². The van der Waals surface area contributed by atoms with E-state index in [1.54, 1.807) is 4.90 Å². The number of benzene rings is 3. The number of hydrogen-bond donors (Lipinski definition) is 1. The van der Waals surface area contributed by atoms with Crippen molar-refractivity contribution < 1.29 is 14.3 Å². The van der Waals surface area contributed by atoms with Gasteiger partial charge in [-0.3, -0.25) is 9.59 Å². The lowest BCUT2D eigenvalue weighted by atomic mass is 9.86. The van der Waals surface area contributed by atoms with Crippen LogP contribution < -0.4 is 10.1 Å². The summed E-state index contributed by atoms with van der Waals surface area (Å²) >= 11 is 3.47. The van der Waals surface area contributed by atoms with Gasteiger partial charge in [0.1, 0.15) is 11.8 Å². The van der Waals surface area contributed by atoms with E-state index < -0.39 is 6.04 Å². The highest BCUT2D eigenvalue weighted by atomic mass is 79.9. The number of ether oxygens (including phenoxy) is 1. The van der Waals surface area contributed by atoms with Crippen LogP contribution in [0.1, 0.15) is 51.3 Å². The fourth-order valence-corrected chi connectivity index (χ4v) is 4.42. The quantitative estimate of drug-likeness (QED) is 0.315. The van der Waals surface area contributed by atoms with Crippen molar-refractivity contribution in [1.82, 2.24) is 10.2 Å². The molecule has 3 aromatic rings. The zero-order valence-corrected chi connectivity index (χ0v) is 23.9. The summed E-state index contributed by atoms with van der Waals surface area (Å²) in [6, 6.07) is 24.6. The van der Waals surface area contributed by atoms with E-state index >= 15 is 0 Å². The molecule has 0 saturated heterocycles. The normalized spacial score (nSPS) is 12.2. The molecule has 0 radical (unpaired) electrons. The monoisotopic (exact) mass is 564 g/mol. The second-order valence-electron chi connectivity index (χ2n) is 10.6. The number of hydrogen-bond acceptors (Lipinski definition) is 3. The fraction of sp³-hybridized carbons (Fsp3) is 0.355. The minimum absolute atomic E-state index is 0.0506. The second kappa shape index (κ2) is 12.9. The average molecular weight is 566 g/mol. The van der Waals surface area contributed by atoms with E-state index in [9.17, 15) is 9.59 Å². The second-order valence-corrected chi connectivity index (χ2v) is 11.5. The molecule has 1 atom stereocenters. The smallest absolute Gasteiger partial charge is 0.261 e. The number of para-hydroxylation sites is 1. The molecule has 5 nitrogen and oxygen atoms in total. The van der Waals surface area contributed by atoms with Gasteiger partial charge in [-0.1, -0.05) is 97.4 Å². The van der Waals surface area contributed by atoms with Crippen LogP contribution in [0.3, 0.4) is 0 Å². The van der Waals surface area contributed by atoms with Crippen LogP contribution in [0.25, 0.3) is 0 Å². The Balaban J connectivity index is 1.93. The van der Waals surface area contributed by atoms with Gasteiger partial charge >= 0.3 is 0 Å². The van der Waals surface area contributed by atoms with E-state index in [2.05, 4.69) is 42.0 Å². The molecule has 0 heterocycles. The minimum atomic E-state index is -0.692. The molecule has 0 aliphatic carbocycles. The molecule has 6 heteroatoms. The Morgan fingerprint density at radius 1 is 0.892 bits per heavy atom. The first-order valence-electron chi connectivity index (χ1n) is 12.6. The number of nitrogens with zero attached hydrogens (tertiary/aromatic N) is 1. The van der Waals surface area contributed by atoms with Crippen molar-refractivity contribution in [3.63, 3.8) is 0 Å². The topological polar surface area (TPSA) is 58.6 Å². The lowest BCUT2D eigenvalue weighted by molar-refractivity contribution is -0.143. The van der Waals surface area contributed by atoms with Gasteiger partial charge < -0.3 is 15.0 Å². The Hall–Kier alpha value is -3.12. The molecule has 0 bridgehead atoms. The molecule has 0 aliphatic rings. The van der Waals surface area contributed by atoms with E-state index in [0.29, 0.717) is 18.7 Å². The van der Waals surface area contributed by atoms with Gasteiger partial charge in [-0.25, -0.2) is 0 Å². The Morgan fingerprint density at radius 3 is 2.14 bits per heavy atom. The number of carbonyl (C=O) groups is 2. The van der Waals surface area contributed by atoms with Crippen molar-refractivity contribution in [1.29, 1.82) is 0 Å². The highest BCUT2D eigenvalue weighted by Gasteiger charge is 2.31. The Bertz CT molecular complexity index is 1170. The number of halogens is 1. The summed E-state index contributed by atoms with van der Waals surface area (Å²) in [5.41, 5.74) is 2.81. The lowest BCUT2D eigenvalue weighted by Crippen LogP contribution is -2.52. The molecule has 0 aliphatic heterocycles. The predicted molar refractivity (Wildman–Crippen MR) is 153 cm³/mol. The first kappa shape index (κ1) is 28.5. The van der Waals surface area contributed by atoms with Crippen molar-refractivity contribution in [2.24, 2.45) is 0 Å². The van der Waals surface area contributed by atoms with Crippen molar-refractivity contribution in [2.45, 2.75) is 65.1 Å². The van der Waals surface area contributed by atoms with Gasteiger partial charge in [0.25, 0.3) is 5.91 Å². The molecule has 1 N–H and O–H groups in total. The molecule has 0 unspecified atom stereocenters. The molecule has 3 aromatic carbocycles. The Kier molecular flexibility index (Phi) is 9.93. The molecule has 3 rings (SSSR count). The van der Waals surface area contributed by atoms with Crippen LogP contribution in [0.4, 0.5) is 0 Å². The van der Waals surface area contributed by atoms with Crippen LogP contribution in [-0.2, 0) is 28.0 Å². The predicted octanol–water partition coefficient (Wildman–Crippen LogP) is 6.29. The largest absolute Gasteiger partial charge is 0.483 e. The summed E-state index contributed by atoms with van der Waals surface area (Å²) in [6.45, 7) is 10.3. The molecule has 0 saturated carbocycles. The lowest BCUT2D eigenvalue weighted by Gasteiger charge is -2.32. The zero-order chi connectivity index (χ0) is 27.0. The Morgan fingerprint density at radius 2 is 1.51 bits per heavy atom. The van der Waals surface area contributed by atoms with Crippen LogP contribution in [0.5, 0.6) is 5.75 Å². The molecule has 2 amide bonds. The zero-order valence-electron chi connectivity index (χ0n) is 22.3. The van der Waals surface area contributed by atoms with Crippen molar-refractivity contribution in [2.75, 3.05) is 6.61 Å². The van der Waals surface area contributed by atoms with E-state index in [1.807, 2.05) is 92.7 Å². The van der Waals surface area contributed by atoms with E-state index in [-0.39, 0.29) is 29.9 Å². The molecule has 37 heavy (non-hydrogen) atoms. The number of nitrogens with one attached hydrogen (secondary N) is 1. The molecular weight excluding hydrogens is 528 g/mol. The highest BCUT2D eigenvalue weighted by Crippen LogP contribution is 2.31. The van der Waals surface area contributed by atoms with Crippen molar-refractivity contribution in [3.05, 3.63) is 100 Å². The van der Waals surface area contributed by atoms with Gasteiger partial charge in [0, 0.05) is 23.5 Å². The SMILES string of the molecule is CC(C)NC(=O)[C@H](Cc1ccccc1)N(Cc1ccc(Br)cc1)C(=O)COc1ccccc1C(C)(C)C. The maximum atomic E-state index is 13.8. The van der Waals surface area contributed by atoms with Gasteiger partial charge in [0.05, 0.1) is 0 Å². The first-order valence-corrected chi connectivity index (χ1v) is 13.4. The van der Waals surface area contributed by atoms with Crippen LogP contribution >= 0.6 is 15.9 Å². The third-order valence-corrected chi connectivity index (χ3v) is 6.54. The van der Waals surface area contributed by atoms with Crippen LogP contribution in [0.15, 0.2) is 83.3 Å². The summed E-state index contributed by atoms with van der Waals surface area (Å²) in [5.74, 6) is 0.254. The summed E-state index contributed by atoms with van der Waals surface area (Å²) in [4.78, 5) is 28.9. The summed E-state index contributed by atoms with van der Waals surface area (Å²) in [5, 5.41) is 3.02. The van der Waals surface area contributed by atoms with Crippen LogP contribution in [-0.4, -0.2) is 35.4 Å². The Labute approximate surface area is 229 Å². The van der Waals surface area contributed by atoms with Gasteiger partial charge in [0.2, 0.25) is 5.91 Å². The first-order chi connectivity index (χ1) is 17.5. The van der Waals surface area contributed by atoms with Crippen molar-refractivity contribution in [3.8, 4) is 5.75 Å². The van der Waals surface area contributed by atoms with Gasteiger partial charge in [-0.15, -0.1) is 0 Å². The van der Waals surface area contributed by atoms with Crippen LogP contribution in [0, 0.1) is 0 Å². The van der Waals surface area contributed by atoms with Gasteiger partial charge in [0.15, 0.2) is 6.61 Å². The number of amides is 2. The van der Waals surface area contributed by atoms with E-state index in [4.69, 9.17) is 4.74 Å². The molecule has 0 spiro atoms. The molecule has 196 valence electrons. The third-order valence-electron chi connectivity index (χ3n) is 6.01. The van der Waals surface area contributed by atoms with Gasteiger partial charge in [-0.2, -0.15) is 0 Å². The minimum Gasteiger partial charge on any atom is -0.483 e. The molecule has 0 fully saturated rings. The summed E-state index contributed by atoms with van der Waals surface area (Å²) in [6.07, 6.45) is 0.403. The maximum Gasteiger partial charge on any atom is 0.261 e. The van der Waals surface area contributed by atoms with E-state index in [1.165, 1.54) is 0 Å². The maximum absolute atomic E-state index is 13.8. The summed E-state index contributed by atoms with van der Waals surface area (Å²) in [7, 11) is 0. The fourth-order valence-electron chi connectivity index (χ4n) is 4.16. The average Bonchev–Trinajstić information content (AvgIpc) is 2.85. The van der Waals surface area contributed by atoms with Crippen LogP contribution in [0.2, 0.25) is 0 Å². The third kappa shape index (κ3) is 8.46. The van der Waals surface area contributed by atoms with Gasteiger partial charge in [-0.05, 0) is 54.2 Å².